The van der Waals surface area contributed by atoms with Crippen molar-refractivity contribution < 1.29 is 14.4 Å². The number of para-hydroxylation sites is 2. The van der Waals surface area contributed by atoms with Crippen LogP contribution in [0, 0.1) is 11.8 Å². The van der Waals surface area contributed by atoms with Gasteiger partial charge in [0.05, 0.1) is 33.5 Å². The van der Waals surface area contributed by atoms with Crippen LogP contribution in [0.25, 0.3) is 0 Å². The summed E-state index contributed by atoms with van der Waals surface area (Å²) in [5.41, 5.74) is 12.2. The predicted molar refractivity (Wildman–Crippen MR) is 153 cm³/mol. The number of nitrogens with two attached hydrogens (primary N) is 1. The zero-order chi connectivity index (χ0) is 27.6. The van der Waals surface area contributed by atoms with Crippen molar-refractivity contribution >= 4 is 46.9 Å². The van der Waals surface area contributed by atoms with Crippen molar-refractivity contribution in [1.82, 2.24) is 5.43 Å². The lowest BCUT2D eigenvalue weighted by molar-refractivity contribution is -0.122. The summed E-state index contributed by atoms with van der Waals surface area (Å²) in [6.07, 6.45) is 1.62. The van der Waals surface area contributed by atoms with E-state index in [4.69, 9.17) is 17.3 Å². The summed E-state index contributed by atoms with van der Waals surface area (Å²) in [7, 11) is 0. The third-order valence-electron chi connectivity index (χ3n) is 8.42. The third kappa shape index (κ3) is 3.18. The van der Waals surface area contributed by atoms with Gasteiger partial charge in [-0.15, -0.1) is 0 Å². The number of carbonyl (C=O) groups is 3. The van der Waals surface area contributed by atoms with E-state index >= 15 is 0 Å². The molecule has 3 aliphatic carbocycles. The lowest BCUT2D eigenvalue weighted by Gasteiger charge is -2.52. The molecular formula is C32H23ClN4O3. The van der Waals surface area contributed by atoms with Crippen molar-refractivity contribution in [1.29, 1.82) is 0 Å². The summed E-state index contributed by atoms with van der Waals surface area (Å²) < 4.78 is 0. The molecule has 1 aliphatic heterocycles. The number of imide groups is 1. The lowest BCUT2D eigenvalue weighted by atomic mass is 9.47. The molecule has 2 bridgehead atoms. The molecule has 0 spiro atoms. The molecule has 3 amide bonds. The molecule has 7 nitrogen and oxygen atoms in total. The summed E-state index contributed by atoms with van der Waals surface area (Å²) >= 11 is 6.49. The van der Waals surface area contributed by atoms with Crippen molar-refractivity contribution in [2.45, 2.75) is 11.3 Å². The van der Waals surface area contributed by atoms with Gasteiger partial charge in [0.1, 0.15) is 0 Å². The van der Waals surface area contributed by atoms with E-state index in [1.54, 1.807) is 54.7 Å². The monoisotopic (exact) mass is 546 g/mol. The molecule has 40 heavy (non-hydrogen) atoms. The number of hydrazone groups is 1. The number of anilines is 2. The maximum absolute atomic E-state index is 14.4. The number of rotatable bonds is 4. The lowest BCUT2D eigenvalue weighted by Crippen LogP contribution is -2.54. The van der Waals surface area contributed by atoms with Crippen LogP contribution in [0.2, 0.25) is 5.02 Å². The second kappa shape index (κ2) is 8.89. The number of hydrogen-bond acceptors (Lipinski definition) is 5. The smallest absolute Gasteiger partial charge is 0.273 e. The Morgan fingerprint density at radius 1 is 0.850 bits per heavy atom. The van der Waals surface area contributed by atoms with Crippen LogP contribution in [0.1, 0.15) is 38.5 Å². The van der Waals surface area contributed by atoms with E-state index < -0.39 is 23.2 Å². The Kier molecular flexibility index (Phi) is 5.40. The highest BCUT2D eigenvalue weighted by Gasteiger charge is 2.68. The van der Waals surface area contributed by atoms with Crippen LogP contribution in [0.4, 0.5) is 11.4 Å². The van der Waals surface area contributed by atoms with Crippen LogP contribution in [-0.4, -0.2) is 23.9 Å². The number of amides is 3. The van der Waals surface area contributed by atoms with Crippen LogP contribution in [0.15, 0.2) is 102 Å². The standard InChI is InChI=1S/C32H23ClN4O3/c33-23-14-6-8-16-25(23)37-30(39)27-26-18-9-1-4-12-21(18)32(28(27)31(37)40,22-13-5-2-10-19(22)26)17-35-36-29(38)20-11-3-7-15-24(20)34/h1-17,26-28H,34H2,(H,36,38)/b35-17+/t26?,27-,28+,32?/m0/s1. The van der Waals surface area contributed by atoms with Crippen molar-refractivity contribution in [2.24, 2.45) is 16.9 Å². The molecule has 3 N–H and O–H groups in total. The normalized spacial score (nSPS) is 24.1. The molecule has 0 saturated carbocycles. The van der Waals surface area contributed by atoms with Crippen LogP contribution >= 0.6 is 11.6 Å². The van der Waals surface area contributed by atoms with Crippen molar-refractivity contribution in [3.05, 3.63) is 130 Å². The highest BCUT2D eigenvalue weighted by molar-refractivity contribution is 6.36. The Labute approximate surface area is 235 Å². The van der Waals surface area contributed by atoms with Gasteiger partial charge in [-0.3, -0.25) is 14.4 Å². The minimum atomic E-state index is -1.11. The molecule has 1 saturated heterocycles. The van der Waals surface area contributed by atoms with Gasteiger partial charge < -0.3 is 5.73 Å². The molecule has 4 aromatic rings. The number of halogens is 1. The van der Waals surface area contributed by atoms with Crippen molar-refractivity contribution in [2.75, 3.05) is 10.6 Å². The zero-order valence-corrected chi connectivity index (χ0v) is 21.9. The van der Waals surface area contributed by atoms with Gasteiger partial charge in [0.25, 0.3) is 5.91 Å². The molecule has 1 fully saturated rings. The maximum Gasteiger partial charge on any atom is 0.273 e. The van der Waals surface area contributed by atoms with Crippen molar-refractivity contribution in [3.63, 3.8) is 0 Å². The van der Waals surface area contributed by atoms with Gasteiger partial charge in [-0.25, -0.2) is 10.3 Å². The number of hydrogen-bond donors (Lipinski definition) is 2. The van der Waals surface area contributed by atoms with E-state index in [1.807, 2.05) is 48.5 Å². The minimum absolute atomic E-state index is 0.292. The first-order valence-electron chi connectivity index (χ1n) is 13.0. The first kappa shape index (κ1) is 24.3. The maximum atomic E-state index is 14.4. The average molecular weight is 547 g/mol. The van der Waals surface area contributed by atoms with E-state index in [0.29, 0.717) is 22.0 Å². The van der Waals surface area contributed by atoms with Gasteiger partial charge in [0.15, 0.2) is 0 Å². The largest absolute Gasteiger partial charge is 0.398 e. The second-order valence-corrected chi connectivity index (χ2v) is 10.7. The summed E-state index contributed by atoms with van der Waals surface area (Å²) in [6.45, 7) is 0. The van der Waals surface area contributed by atoms with Gasteiger partial charge in [-0.1, -0.05) is 84.4 Å². The topological polar surface area (TPSA) is 105 Å². The molecule has 8 rings (SSSR count). The van der Waals surface area contributed by atoms with Gasteiger partial charge >= 0.3 is 0 Å². The molecular weight excluding hydrogens is 524 g/mol. The van der Waals surface area contributed by atoms with E-state index in [0.717, 1.165) is 22.3 Å². The van der Waals surface area contributed by atoms with E-state index in [-0.39, 0.29) is 17.7 Å². The van der Waals surface area contributed by atoms with Crippen LogP contribution in [-0.2, 0) is 15.0 Å². The minimum Gasteiger partial charge on any atom is -0.398 e. The van der Waals surface area contributed by atoms with Gasteiger partial charge in [0, 0.05) is 17.8 Å². The average Bonchev–Trinajstić information content (AvgIpc) is 3.24. The highest BCUT2D eigenvalue weighted by atomic mass is 35.5. The second-order valence-electron chi connectivity index (χ2n) is 10.3. The van der Waals surface area contributed by atoms with E-state index in [1.165, 1.54) is 4.90 Å². The Balaban J connectivity index is 1.42. The summed E-state index contributed by atoms with van der Waals surface area (Å²) in [5, 5.41) is 4.74. The molecule has 8 heteroatoms. The Morgan fingerprint density at radius 2 is 1.45 bits per heavy atom. The fourth-order valence-corrected chi connectivity index (χ4v) is 7.10. The Hall–Kier alpha value is -4.75. The molecule has 2 atom stereocenters. The Bertz CT molecular complexity index is 1720. The van der Waals surface area contributed by atoms with Crippen molar-refractivity contribution in [3.8, 4) is 0 Å². The number of nitrogen functional groups attached to an aromatic ring is 1. The highest BCUT2D eigenvalue weighted by Crippen LogP contribution is 2.63. The predicted octanol–water partition coefficient (Wildman–Crippen LogP) is 4.89. The summed E-state index contributed by atoms with van der Waals surface area (Å²) in [4.78, 5) is 42.7. The van der Waals surface area contributed by atoms with Gasteiger partial charge in [-0.2, -0.15) is 5.10 Å². The number of carbonyl (C=O) groups excluding carboxylic acids is 3. The molecule has 4 aliphatic rings. The summed E-state index contributed by atoms with van der Waals surface area (Å²) in [5.74, 6) is -2.87. The number of nitrogens with zero attached hydrogens (tertiary/aromatic N) is 2. The zero-order valence-electron chi connectivity index (χ0n) is 21.1. The van der Waals surface area contributed by atoms with E-state index in [2.05, 4.69) is 10.5 Å². The quantitative estimate of drug-likeness (QED) is 0.164. The first-order chi connectivity index (χ1) is 19.4. The fourth-order valence-electron chi connectivity index (χ4n) is 6.88. The molecule has 196 valence electrons. The first-order valence-corrected chi connectivity index (χ1v) is 13.3. The molecule has 0 unspecified atom stereocenters. The molecule has 1 heterocycles. The van der Waals surface area contributed by atoms with Crippen LogP contribution < -0.4 is 16.1 Å². The van der Waals surface area contributed by atoms with Gasteiger partial charge in [-0.05, 0) is 46.5 Å². The Morgan fingerprint density at radius 3 is 2.12 bits per heavy atom. The van der Waals surface area contributed by atoms with E-state index in [9.17, 15) is 14.4 Å². The number of nitrogens with one attached hydrogen (secondary N) is 1. The van der Waals surface area contributed by atoms with Crippen LogP contribution in [0.3, 0.4) is 0 Å². The van der Waals surface area contributed by atoms with Gasteiger partial charge in [0.2, 0.25) is 11.8 Å². The molecule has 0 radical (unpaired) electrons. The SMILES string of the molecule is Nc1ccccc1C(=O)N/N=C/C12c3ccccc3C(c3ccccc31)[C@@H]1C(=O)N(c3ccccc3Cl)C(=O)[C@@H]12. The fraction of sp³-hybridized carbons (Fsp3) is 0.125. The van der Waals surface area contributed by atoms with Crippen LogP contribution in [0.5, 0.6) is 0 Å². The molecule has 4 aromatic carbocycles. The number of benzene rings is 4. The summed E-state index contributed by atoms with van der Waals surface area (Å²) in [6, 6.07) is 29.3. The molecule has 0 aromatic heterocycles. The third-order valence-corrected chi connectivity index (χ3v) is 8.74.